The van der Waals surface area contributed by atoms with Crippen LogP contribution in [0.15, 0.2) is 24.4 Å². The lowest BCUT2D eigenvalue weighted by Crippen LogP contribution is -1.88. The van der Waals surface area contributed by atoms with Gasteiger partial charge in [0.2, 0.25) is 0 Å². The average molecular weight is 260 g/mol. The SMILES string of the molecule is CCc1ccc(C(=O)C=Cc2cn(C)nc2C)s1. The molecule has 2 rings (SSSR count). The van der Waals surface area contributed by atoms with Crippen molar-refractivity contribution in [2.45, 2.75) is 20.3 Å². The summed E-state index contributed by atoms with van der Waals surface area (Å²) in [7, 11) is 1.87. The number of aromatic nitrogens is 2. The van der Waals surface area contributed by atoms with Crippen LogP contribution >= 0.6 is 11.3 Å². The number of carbonyl (C=O) groups excluding carboxylic acids is 1. The van der Waals surface area contributed by atoms with Gasteiger partial charge in [-0.2, -0.15) is 5.10 Å². The Labute approximate surface area is 111 Å². The fraction of sp³-hybridized carbons (Fsp3) is 0.286. The number of hydrogen-bond donors (Lipinski definition) is 0. The number of rotatable bonds is 4. The van der Waals surface area contributed by atoms with Crippen molar-refractivity contribution in [3.63, 3.8) is 0 Å². The summed E-state index contributed by atoms with van der Waals surface area (Å²) in [6.07, 6.45) is 6.33. The van der Waals surface area contributed by atoms with Crippen molar-refractivity contribution in [1.82, 2.24) is 9.78 Å². The third-order valence-electron chi connectivity index (χ3n) is 2.72. The van der Waals surface area contributed by atoms with Gasteiger partial charge in [-0.3, -0.25) is 9.48 Å². The van der Waals surface area contributed by atoms with Gasteiger partial charge in [-0.15, -0.1) is 11.3 Å². The molecule has 0 bridgehead atoms. The van der Waals surface area contributed by atoms with Crippen LogP contribution < -0.4 is 0 Å². The lowest BCUT2D eigenvalue weighted by atomic mass is 10.2. The number of aryl methyl sites for hydroxylation is 3. The molecule has 0 amide bonds. The molecule has 0 aliphatic heterocycles. The van der Waals surface area contributed by atoms with Crippen molar-refractivity contribution in [2.24, 2.45) is 7.05 Å². The zero-order valence-electron chi connectivity index (χ0n) is 10.8. The van der Waals surface area contributed by atoms with Gasteiger partial charge in [0.25, 0.3) is 0 Å². The minimum absolute atomic E-state index is 0.0583. The van der Waals surface area contributed by atoms with Gasteiger partial charge in [-0.25, -0.2) is 0 Å². The molecule has 4 heteroatoms. The third-order valence-corrected chi connectivity index (χ3v) is 3.96. The highest BCUT2D eigenvalue weighted by molar-refractivity contribution is 7.14. The van der Waals surface area contributed by atoms with Gasteiger partial charge in [0, 0.05) is 23.7 Å². The Balaban J connectivity index is 2.13. The zero-order chi connectivity index (χ0) is 13.1. The maximum absolute atomic E-state index is 12.0. The summed E-state index contributed by atoms with van der Waals surface area (Å²) in [5, 5.41) is 4.24. The Morgan fingerprint density at radius 1 is 1.50 bits per heavy atom. The van der Waals surface area contributed by atoms with Gasteiger partial charge in [0.05, 0.1) is 10.6 Å². The predicted molar refractivity (Wildman–Crippen MR) is 75.0 cm³/mol. The molecular weight excluding hydrogens is 244 g/mol. The van der Waals surface area contributed by atoms with E-state index in [4.69, 9.17) is 0 Å². The number of hydrogen-bond acceptors (Lipinski definition) is 3. The van der Waals surface area contributed by atoms with E-state index in [2.05, 4.69) is 12.0 Å². The van der Waals surface area contributed by atoms with E-state index in [-0.39, 0.29) is 5.78 Å². The number of ketones is 1. The molecule has 94 valence electrons. The van der Waals surface area contributed by atoms with E-state index in [1.165, 1.54) is 4.88 Å². The molecule has 0 spiro atoms. The van der Waals surface area contributed by atoms with Crippen molar-refractivity contribution in [2.75, 3.05) is 0 Å². The summed E-state index contributed by atoms with van der Waals surface area (Å²) >= 11 is 1.56. The van der Waals surface area contributed by atoms with Crippen LogP contribution in [0.4, 0.5) is 0 Å². The Bertz CT molecular complexity index is 593. The smallest absolute Gasteiger partial charge is 0.195 e. The lowest BCUT2D eigenvalue weighted by molar-refractivity contribution is 0.105. The fourth-order valence-corrected chi connectivity index (χ4v) is 2.60. The molecule has 2 aromatic heterocycles. The Morgan fingerprint density at radius 3 is 2.83 bits per heavy atom. The van der Waals surface area contributed by atoms with Crippen molar-refractivity contribution in [3.8, 4) is 0 Å². The highest BCUT2D eigenvalue weighted by Crippen LogP contribution is 2.18. The first kappa shape index (κ1) is 12.8. The van der Waals surface area contributed by atoms with Crippen LogP contribution in [0, 0.1) is 6.92 Å². The molecule has 0 fully saturated rings. The molecule has 3 nitrogen and oxygen atoms in total. The monoisotopic (exact) mass is 260 g/mol. The zero-order valence-corrected chi connectivity index (χ0v) is 11.6. The van der Waals surface area contributed by atoms with Gasteiger partial charge in [0.15, 0.2) is 5.78 Å². The van der Waals surface area contributed by atoms with Crippen LogP contribution in [0.2, 0.25) is 0 Å². The first-order chi connectivity index (χ1) is 8.60. The molecule has 18 heavy (non-hydrogen) atoms. The van der Waals surface area contributed by atoms with Crippen LogP contribution in [0.3, 0.4) is 0 Å². The van der Waals surface area contributed by atoms with E-state index in [1.54, 1.807) is 22.1 Å². The highest BCUT2D eigenvalue weighted by atomic mass is 32.1. The van der Waals surface area contributed by atoms with E-state index in [0.29, 0.717) is 0 Å². The highest BCUT2D eigenvalue weighted by Gasteiger charge is 2.06. The van der Waals surface area contributed by atoms with Gasteiger partial charge in [0.1, 0.15) is 0 Å². The van der Waals surface area contributed by atoms with E-state index in [9.17, 15) is 4.79 Å². The molecule has 0 radical (unpaired) electrons. The summed E-state index contributed by atoms with van der Waals surface area (Å²) in [5.74, 6) is 0.0583. The number of thiophene rings is 1. The van der Waals surface area contributed by atoms with Crippen molar-refractivity contribution < 1.29 is 4.79 Å². The minimum atomic E-state index is 0.0583. The maximum atomic E-state index is 12.0. The molecular formula is C14H16N2OS. The first-order valence-electron chi connectivity index (χ1n) is 5.91. The van der Waals surface area contributed by atoms with Crippen LogP contribution in [0.5, 0.6) is 0 Å². The van der Waals surface area contributed by atoms with E-state index in [0.717, 1.165) is 22.6 Å². The second kappa shape index (κ2) is 5.31. The normalized spacial score (nSPS) is 11.3. The Kier molecular flexibility index (Phi) is 3.77. The largest absolute Gasteiger partial charge is 0.288 e. The number of carbonyl (C=O) groups is 1. The summed E-state index contributed by atoms with van der Waals surface area (Å²) in [6, 6.07) is 3.91. The summed E-state index contributed by atoms with van der Waals surface area (Å²) in [5.41, 5.74) is 1.92. The van der Waals surface area contributed by atoms with Crippen LogP contribution in [-0.4, -0.2) is 15.6 Å². The van der Waals surface area contributed by atoms with Gasteiger partial charge >= 0.3 is 0 Å². The second-order valence-electron chi connectivity index (χ2n) is 4.16. The van der Waals surface area contributed by atoms with Crippen LogP contribution in [0.25, 0.3) is 6.08 Å². The summed E-state index contributed by atoms with van der Waals surface area (Å²) in [6.45, 7) is 4.03. The summed E-state index contributed by atoms with van der Waals surface area (Å²) in [4.78, 5) is 14.0. The van der Waals surface area contributed by atoms with Gasteiger partial charge < -0.3 is 0 Å². The van der Waals surface area contributed by atoms with Gasteiger partial charge in [-0.1, -0.05) is 6.92 Å². The maximum Gasteiger partial charge on any atom is 0.195 e. The van der Waals surface area contributed by atoms with Crippen LogP contribution in [0.1, 0.15) is 32.7 Å². The quantitative estimate of drug-likeness (QED) is 0.625. The Hall–Kier alpha value is -1.68. The van der Waals surface area contributed by atoms with Crippen molar-refractivity contribution in [1.29, 1.82) is 0 Å². The molecule has 0 N–H and O–H groups in total. The average Bonchev–Trinajstić information content (AvgIpc) is 2.93. The Morgan fingerprint density at radius 2 is 2.28 bits per heavy atom. The molecule has 0 atom stereocenters. The summed E-state index contributed by atoms with van der Waals surface area (Å²) < 4.78 is 1.75. The van der Waals surface area contributed by atoms with Crippen molar-refractivity contribution in [3.05, 3.63) is 45.4 Å². The first-order valence-corrected chi connectivity index (χ1v) is 6.73. The van der Waals surface area contributed by atoms with Crippen LogP contribution in [-0.2, 0) is 13.5 Å². The second-order valence-corrected chi connectivity index (χ2v) is 5.33. The van der Waals surface area contributed by atoms with E-state index < -0.39 is 0 Å². The lowest BCUT2D eigenvalue weighted by Gasteiger charge is -1.89. The minimum Gasteiger partial charge on any atom is -0.288 e. The van der Waals surface area contributed by atoms with E-state index >= 15 is 0 Å². The topological polar surface area (TPSA) is 34.9 Å². The molecule has 0 aliphatic carbocycles. The molecule has 0 saturated carbocycles. The number of nitrogens with zero attached hydrogens (tertiary/aromatic N) is 2. The number of allylic oxidation sites excluding steroid dienone is 1. The molecule has 0 saturated heterocycles. The van der Waals surface area contributed by atoms with Gasteiger partial charge in [-0.05, 0) is 37.6 Å². The fourth-order valence-electron chi connectivity index (χ4n) is 1.73. The molecule has 2 heterocycles. The van der Waals surface area contributed by atoms with E-state index in [1.807, 2.05) is 38.4 Å². The molecule has 0 aromatic carbocycles. The predicted octanol–water partition coefficient (Wildman–Crippen LogP) is 3.25. The standard InChI is InChI=1S/C14H16N2OS/c1-4-12-6-8-14(18-12)13(17)7-5-11-9-16(3)15-10(11)2/h5-9H,4H2,1-3H3. The molecule has 0 unspecified atom stereocenters. The van der Waals surface area contributed by atoms with Crippen molar-refractivity contribution >= 4 is 23.2 Å². The molecule has 2 aromatic rings. The third kappa shape index (κ3) is 2.76. The molecule has 0 aliphatic rings.